The molecule has 0 unspecified atom stereocenters. The topological polar surface area (TPSA) is 59.2 Å². The number of carbonyl (C=O) groups excluding carboxylic acids is 1. The molecule has 0 bridgehead atoms. The molecule has 0 aromatic carbocycles. The monoisotopic (exact) mass is 331 g/mol. The third-order valence-corrected chi connectivity index (χ3v) is 3.90. The number of piperidine rings is 1. The van der Waals surface area contributed by atoms with Crippen molar-refractivity contribution in [2.75, 3.05) is 18.0 Å². The van der Waals surface area contributed by atoms with Crippen LogP contribution in [0.15, 0.2) is 16.7 Å². The zero-order valence-electron chi connectivity index (χ0n) is 9.90. The molecule has 1 aromatic heterocycles. The number of carbonyl (C=O) groups is 1. The summed E-state index contributed by atoms with van der Waals surface area (Å²) in [6, 6.07) is 1.85. The third-order valence-electron chi connectivity index (χ3n) is 3.19. The number of halogens is 2. The zero-order valence-corrected chi connectivity index (χ0v) is 12.2. The normalized spacial score (nSPS) is 16.9. The molecule has 1 fully saturated rings. The number of primary amides is 1. The number of hydrogen-bond acceptors (Lipinski definition) is 3. The summed E-state index contributed by atoms with van der Waals surface area (Å²) < 4.78 is 0.875. The van der Waals surface area contributed by atoms with E-state index in [0.717, 1.165) is 36.2 Å². The average molecular weight is 333 g/mol. The van der Waals surface area contributed by atoms with Gasteiger partial charge in [-0.05, 0) is 40.8 Å². The number of pyridine rings is 1. The molecule has 0 aliphatic carbocycles. The van der Waals surface area contributed by atoms with Crippen molar-refractivity contribution < 1.29 is 4.79 Å². The van der Waals surface area contributed by atoms with Gasteiger partial charge in [-0.15, -0.1) is 0 Å². The van der Waals surface area contributed by atoms with Gasteiger partial charge in [-0.1, -0.05) is 11.6 Å². The van der Waals surface area contributed by atoms with Gasteiger partial charge in [-0.2, -0.15) is 0 Å². The molecule has 1 saturated heterocycles. The van der Waals surface area contributed by atoms with Gasteiger partial charge in [-0.25, -0.2) is 4.98 Å². The number of nitrogens with zero attached hydrogens (tertiary/aromatic N) is 2. The minimum absolute atomic E-state index is 0.215. The van der Waals surface area contributed by atoms with E-state index in [9.17, 15) is 4.79 Å². The van der Waals surface area contributed by atoms with Crippen LogP contribution < -0.4 is 10.6 Å². The van der Waals surface area contributed by atoms with Gasteiger partial charge in [0.2, 0.25) is 5.91 Å². The Morgan fingerprint density at radius 3 is 2.78 bits per heavy atom. The lowest BCUT2D eigenvalue weighted by molar-refractivity contribution is -0.119. The molecule has 1 aliphatic heterocycles. The number of rotatable bonds is 3. The van der Waals surface area contributed by atoms with Crippen molar-refractivity contribution in [3.8, 4) is 0 Å². The fraction of sp³-hybridized carbons (Fsp3) is 0.500. The Bertz CT molecular complexity index is 447. The van der Waals surface area contributed by atoms with Crippen LogP contribution in [-0.4, -0.2) is 24.0 Å². The second-order valence-electron chi connectivity index (χ2n) is 4.56. The van der Waals surface area contributed by atoms with E-state index in [2.05, 4.69) is 25.8 Å². The standard InChI is InChI=1S/C12H15BrClN3O/c13-9-6-10(14)12(16-7-9)17-3-1-8(2-4-17)5-11(15)18/h6-8H,1-5H2,(H2,15,18). The Morgan fingerprint density at radius 2 is 2.22 bits per heavy atom. The van der Waals surface area contributed by atoms with Gasteiger partial charge in [0.05, 0.1) is 5.02 Å². The van der Waals surface area contributed by atoms with Crippen molar-refractivity contribution in [3.05, 3.63) is 21.8 Å². The van der Waals surface area contributed by atoms with Crippen LogP contribution in [0, 0.1) is 5.92 Å². The molecule has 2 rings (SSSR count). The van der Waals surface area contributed by atoms with Crippen molar-refractivity contribution in [1.29, 1.82) is 0 Å². The second kappa shape index (κ2) is 5.89. The van der Waals surface area contributed by atoms with E-state index in [1.165, 1.54) is 0 Å². The van der Waals surface area contributed by atoms with E-state index < -0.39 is 0 Å². The molecule has 2 N–H and O–H groups in total. The molecule has 4 nitrogen and oxygen atoms in total. The Labute approximate surface area is 120 Å². The second-order valence-corrected chi connectivity index (χ2v) is 5.88. The van der Waals surface area contributed by atoms with E-state index in [0.29, 0.717) is 17.4 Å². The highest BCUT2D eigenvalue weighted by Gasteiger charge is 2.22. The maximum absolute atomic E-state index is 10.9. The van der Waals surface area contributed by atoms with Crippen LogP contribution in [0.4, 0.5) is 5.82 Å². The molecule has 6 heteroatoms. The van der Waals surface area contributed by atoms with Gasteiger partial charge in [0.25, 0.3) is 0 Å². The highest BCUT2D eigenvalue weighted by molar-refractivity contribution is 9.10. The van der Waals surface area contributed by atoms with Crippen molar-refractivity contribution in [1.82, 2.24) is 4.98 Å². The van der Waals surface area contributed by atoms with Gasteiger partial charge >= 0.3 is 0 Å². The smallest absolute Gasteiger partial charge is 0.217 e. The maximum Gasteiger partial charge on any atom is 0.217 e. The van der Waals surface area contributed by atoms with E-state index in [-0.39, 0.29) is 5.91 Å². The van der Waals surface area contributed by atoms with Crippen LogP contribution in [0.2, 0.25) is 5.02 Å². The summed E-state index contributed by atoms with van der Waals surface area (Å²) in [6.45, 7) is 1.73. The quantitative estimate of drug-likeness (QED) is 0.925. The van der Waals surface area contributed by atoms with Crippen molar-refractivity contribution in [2.24, 2.45) is 11.7 Å². The largest absolute Gasteiger partial charge is 0.370 e. The first-order chi connectivity index (χ1) is 8.56. The molecular weight excluding hydrogens is 318 g/mol. The number of hydrogen-bond donors (Lipinski definition) is 1. The average Bonchev–Trinajstić information content (AvgIpc) is 2.30. The molecule has 0 spiro atoms. The summed E-state index contributed by atoms with van der Waals surface area (Å²) in [7, 11) is 0. The van der Waals surface area contributed by atoms with Gasteiger partial charge in [-0.3, -0.25) is 4.79 Å². The summed E-state index contributed by atoms with van der Waals surface area (Å²) in [5.41, 5.74) is 5.22. The molecular formula is C12H15BrClN3O. The predicted molar refractivity (Wildman–Crippen MR) is 75.7 cm³/mol. The van der Waals surface area contributed by atoms with E-state index in [1.54, 1.807) is 6.20 Å². The molecule has 1 amide bonds. The summed E-state index contributed by atoms with van der Waals surface area (Å²) in [4.78, 5) is 17.4. The van der Waals surface area contributed by atoms with E-state index in [4.69, 9.17) is 17.3 Å². The Balaban J connectivity index is 1.99. The molecule has 1 aliphatic rings. The first kappa shape index (κ1) is 13.6. The SMILES string of the molecule is NC(=O)CC1CCN(c2ncc(Br)cc2Cl)CC1. The highest BCUT2D eigenvalue weighted by Crippen LogP contribution is 2.30. The first-order valence-electron chi connectivity index (χ1n) is 5.90. The first-order valence-corrected chi connectivity index (χ1v) is 7.07. The summed E-state index contributed by atoms with van der Waals surface area (Å²) in [6.07, 6.45) is 4.14. The molecule has 18 heavy (non-hydrogen) atoms. The summed E-state index contributed by atoms with van der Waals surface area (Å²) in [5.74, 6) is 0.999. The van der Waals surface area contributed by atoms with Crippen molar-refractivity contribution in [3.63, 3.8) is 0 Å². The molecule has 1 aromatic rings. The summed E-state index contributed by atoms with van der Waals surface area (Å²) in [5, 5.41) is 0.651. The van der Waals surface area contributed by atoms with Gasteiger partial charge in [0.1, 0.15) is 5.82 Å². The lowest BCUT2D eigenvalue weighted by Crippen LogP contribution is -2.35. The molecule has 0 saturated carbocycles. The highest BCUT2D eigenvalue weighted by atomic mass is 79.9. The van der Waals surface area contributed by atoms with E-state index in [1.807, 2.05) is 6.07 Å². The third kappa shape index (κ3) is 3.36. The van der Waals surface area contributed by atoms with Crippen molar-refractivity contribution >= 4 is 39.3 Å². The molecule has 0 atom stereocenters. The van der Waals surface area contributed by atoms with Gasteiger partial charge in [0, 0.05) is 30.2 Å². The van der Waals surface area contributed by atoms with Crippen LogP contribution >= 0.6 is 27.5 Å². The number of aromatic nitrogens is 1. The number of anilines is 1. The van der Waals surface area contributed by atoms with Crippen LogP contribution in [0.3, 0.4) is 0 Å². The fourth-order valence-corrected chi connectivity index (χ4v) is 3.02. The zero-order chi connectivity index (χ0) is 13.1. The molecule has 2 heterocycles. The van der Waals surface area contributed by atoms with Gasteiger partial charge in [0.15, 0.2) is 0 Å². The minimum Gasteiger partial charge on any atom is -0.370 e. The number of amides is 1. The molecule has 0 radical (unpaired) electrons. The van der Waals surface area contributed by atoms with Crippen molar-refractivity contribution in [2.45, 2.75) is 19.3 Å². The van der Waals surface area contributed by atoms with Crippen LogP contribution in [0.1, 0.15) is 19.3 Å². The summed E-state index contributed by atoms with van der Waals surface area (Å²) >= 11 is 9.52. The van der Waals surface area contributed by atoms with Crippen LogP contribution in [-0.2, 0) is 4.79 Å². The molecule has 98 valence electrons. The number of nitrogens with two attached hydrogens (primary N) is 1. The van der Waals surface area contributed by atoms with Gasteiger partial charge < -0.3 is 10.6 Å². The lowest BCUT2D eigenvalue weighted by Gasteiger charge is -2.32. The van der Waals surface area contributed by atoms with Crippen LogP contribution in [0.5, 0.6) is 0 Å². The van der Waals surface area contributed by atoms with E-state index >= 15 is 0 Å². The lowest BCUT2D eigenvalue weighted by atomic mass is 9.93. The fourth-order valence-electron chi connectivity index (χ4n) is 2.27. The maximum atomic E-state index is 10.9. The van der Waals surface area contributed by atoms with Crippen LogP contribution in [0.25, 0.3) is 0 Å². The Hall–Kier alpha value is -0.810. The minimum atomic E-state index is -0.215. The predicted octanol–water partition coefficient (Wildman–Crippen LogP) is 2.59. The Morgan fingerprint density at radius 1 is 1.56 bits per heavy atom. The Kier molecular flexibility index (Phi) is 4.45.